The van der Waals surface area contributed by atoms with Gasteiger partial charge in [0.25, 0.3) is 0 Å². The summed E-state index contributed by atoms with van der Waals surface area (Å²) in [6.45, 7) is 4.69. The van der Waals surface area contributed by atoms with Crippen LogP contribution in [0, 0.1) is 0 Å². The first-order chi connectivity index (χ1) is 27.0. The molecule has 0 fully saturated rings. The fraction of sp³-hybridized carbons (Fsp3) is 0.0566. The van der Waals surface area contributed by atoms with E-state index < -0.39 is 0 Å². The molecule has 0 bridgehead atoms. The Morgan fingerprint density at radius 1 is 0.309 bits per heavy atom. The van der Waals surface area contributed by atoms with Crippen LogP contribution in [0.25, 0.3) is 89.2 Å². The summed E-state index contributed by atoms with van der Waals surface area (Å²) in [5.74, 6) is 0.706. The summed E-state index contributed by atoms with van der Waals surface area (Å²) in [5.41, 5.74) is 17.5. The zero-order valence-corrected chi connectivity index (χ0v) is 30.9. The van der Waals surface area contributed by atoms with Crippen LogP contribution >= 0.6 is 0 Å². The van der Waals surface area contributed by atoms with E-state index in [9.17, 15) is 0 Å². The molecule has 9 aromatic rings. The van der Waals surface area contributed by atoms with Gasteiger partial charge in [-0.3, -0.25) is 0 Å². The predicted molar refractivity (Wildman–Crippen MR) is 230 cm³/mol. The monoisotopic (exact) mass is 702 g/mol. The molecule has 1 aromatic heterocycles. The van der Waals surface area contributed by atoms with Crippen LogP contribution in [0.2, 0.25) is 0 Å². The number of hydrogen-bond acceptors (Lipinski definition) is 2. The molecule has 2 nitrogen and oxygen atoms in total. The van der Waals surface area contributed by atoms with Gasteiger partial charge in [0, 0.05) is 22.1 Å². The molecule has 1 aliphatic rings. The average Bonchev–Trinajstić information content (AvgIpc) is 3.49. The minimum absolute atomic E-state index is 0.0452. The van der Waals surface area contributed by atoms with E-state index in [-0.39, 0.29) is 5.41 Å². The number of aromatic nitrogens is 2. The van der Waals surface area contributed by atoms with Crippen molar-refractivity contribution < 1.29 is 0 Å². The first-order valence-corrected chi connectivity index (χ1v) is 19.0. The van der Waals surface area contributed by atoms with E-state index in [2.05, 4.69) is 190 Å². The van der Waals surface area contributed by atoms with Crippen LogP contribution in [0.1, 0.15) is 25.0 Å². The second kappa shape index (κ2) is 13.2. The van der Waals surface area contributed by atoms with E-state index in [1.807, 2.05) is 18.2 Å². The molecular weight excluding hydrogens is 665 g/mol. The molecule has 260 valence electrons. The summed E-state index contributed by atoms with van der Waals surface area (Å²) in [7, 11) is 0. The first kappa shape index (κ1) is 32.7. The lowest BCUT2D eigenvalue weighted by Gasteiger charge is -2.22. The quantitative estimate of drug-likeness (QED) is 0.172. The molecule has 0 aliphatic heterocycles. The number of rotatable bonds is 6. The van der Waals surface area contributed by atoms with E-state index in [4.69, 9.17) is 9.97 Å². The SMILES string of the molecule is CC1(C)c2ccccc2-c2ccc(-c3cccc(-c4ccc(-c5cc(-c6ccccc6-c6ccccc6)nc(-c6ccccc6)n5)c5ccccc45)c3)cc21. The lowest BCUT2D eigenvalue weighted by molar-refractivity contribution is 0.660. The Morgan fingerprint density at radius 2 is 0.818 bits per heavy atom. The van der Waals surface area contributed by atoms with Gasteiger partial charge in [0.1, 0.15) is 0 Å². The first-order valence-electron chi connectivity index (χ1n) is 19.0. The highest BCUT2D eigenvalue weighted by Gasteiger charge is 2.35. The van der Waals surface area contributed by atoms with Crippen molar-refractivity contribution in [2.24, 2.45) is 0 Å². The van der Waals surface area contributed by atoms with Gasteiger partial charge in [0.15, 0.2) is 5.82 Å². The van der Waals surface area contributed by atoms with Crippen molar-refractivity contribution >= 4 is 10.8 Å². The smallest absolute Gasteiger partial charge is 0.160 e. The van der Waals surface area contributed by atoms with Crippen molar-refractivity contribution in [3.05, 3.63) is 205 Å². The van der Waals surface area contributed by atoms with Crippen LogP contribution in [-0.4, -0.2) is 9.97 Å². The van der Waals surface area contributed by atoms with E-state index >= 15 is 0 Å². The Labute approximate surface area is 322 Å². The van der Waals surface area contributed by atoms with Gasteiger partial charge in [-0.05, 0) is 84.6 Å². The molecule has 2 heteroatoms. The minimum Gasteiger partial charge on any atom is -0.228 e. The minimum atomic E-state index is -0.0452. The van der Waals surface area contributed by atoms with Gasteiger partial charge in [0.2, 0.25) is 0 Å². The van der Waals surface area contributed by atoms with Crippen LogP contribution in [0.3, 0.4) is 0 Å². The van der Waals surface area contributed by atoms with Gasteiger partial charge in [-0.15, -0.1) is 0 Å². The largest absolute Gasteiger partial charge is 0.228 e. The zero-order valence-electron chi connectivity index (χ0n) is 30.9. The molecule has 0 atom stereocenters. The molecule has 0 spiro atoms. The highest BCUT2D eigenvalue weighted by atomic mass is 14.9. The van der Waals surface area contributed by atoms with Gasteiger partial charge in [0.05, 0.1) is 11.4 Å². The van der Waals surface area contributed by atoms with Crippen LogP contribution < -0.4 is 0 Å². The Bertz CT molecular complexity index is 2890. The number of benzene rings is 8. The zero-order chi connectivity index (χ0) is 36.9. The van der Waals surface area contributed by atoms with Crippen molar-refractivity contribution in [3.8, 4) is 78.4 Å². The van der Waals surface area contributed by atoms with Crippen molar-refractivity contribution in [1.82, 2.24) is 9.97 Å². The van der Waals surface area contributed by atoms with Gasteiger partial charge in [-0.1, -0.05) is 190 Å². The third-order valence-corrected chi connectivity index (χ3v) is 11.3. The summed E-state index contributed by atoms with van der Waals surface area (Å²) in [5, 5.41) is 2.34. The summed E-state index contributed by atoms with van der Waals surface area (Å²) in [4.78, 5) is 10.5. The Hall–Kier alpha value is -6.90. The van der Waals surface area contributed by atoms with Crippen LogP contribution in [0.5, 0.6) is 0 Å². The standard InChI is InChI=1S/C53H38N2/c1-53(2)48-27-14-13-25-44(48)45-29-28-38(33-49(45)53)37-20-15-21-39(32-37)41-30-31-47(43-24-11-10-23-42(41)43)51-34-50(54-52(55-51)36-18-7-4-8-19-36)46-26-12-9-22-40(46)35-16-5-3-6-17-35/h3-34H,1-2H3. The summed E-state index contributed by atoms with van der Waals surface area (Å²) in [6.07, 6.45) is 0. The topological polar surface area (TPSA) is 25.8 Å². The fourth-order valence-electron chi connectivity index (χ4n) is 8.54. The summed E-state index contributed by atoms with van der Waals surface area (Å²) < 4.78 is 0. The Balaban J connectivity index is 1.10. The molecule has 0 saturated carbocycles. The molecule has 1 heterocycles. The van der Waals surface area contributed by atoms with E-state index in [0.29, 0.717) is 5.82 Å². The Morgan fingerprint density at radius 3 is 1.58 bits per heavy atom. The number of fused-ring (bicyclic) bond motifs is 4. The second-order valence-corrected chi connectivity index (χ2v) is 15.0. The van der Waals surface area contributed by atoms with E-state index in [1.54, 1.807) is 0 Å². The van der Waals surface area contributed by atoms with Crippen molar-refractivity contribution in [3.63, 3.8) is 0 Å². The third-order valence-electron chi connectivity index (χ3n) is 11.3. The molecule has 0 unspecified atom stereocenters. The highest BCUT2D eigenvalue weighted by molar-refractivity contribution is 6.05. The van der Waals surface area contributed by atoms with Gasteiger partial charge in [-0.2, -0.15) is 0 Å². The van der Waals surface area contributed by atoms with Crippen molar-refractivity contribution in [1.29, 1.82) is 0 Å². The number of hydrogen-bond donors (Lipinski definition) is 0. The summed E-state index contributed by atoms with van der Waals surface area (Å²) >= 11 is 0. The lowest BCUT2D eigenvalue weighted by atomic mass is 9.81. The average molecular weight is 703 g/mol. The van der Waals surface area contributed by atoms with Crippen LogP contribution in [0.4, 0.5) is 0 Å². The van der Waals surface area contributed by atoms with Crippen LogP contribution in [-0.2, 0) is 5.41 Å². The molecule has 0 N–H and O–H groups in total. The van der Waals surface area contributed by atoms with Crippen molar-refractivity contribution in [2.45, 2.75) is 19.3 Å². The maximum atomic E-state index is 5.25. The van der Waals surface area contributed by atoms with Gasteiger partial charge >= 0.3 is 0 Å². The van der Waals surface area contributed by atoms with E-state index in [0.717, 1.165) is 44.6 Å². The maximum absolute atomic E-state index is 5.25. The molecule has 0 radical (unpaired) electrons. The fourth-order valence-corrected chi connectivity index (χ4v) is 8.54. The summed E-state index contributed by atoms with van der Waals surface area (Å²) in [6, 6.07) is 69.6. The molecule has 8 aromatic carbocycles. The van der Waals surface area contributed by atoms with Crippen LogP contribution in [0.15, 0.2) is 194 Å². The lowest BCUT2D eigenvalue weighted by Crippen LogP contribution is -2.14. The molecule has 0 saturated heterocycles. The van der Waals surface area contributed by atoms with Crippen molar-refractivity contribution in [2.75, 3.05) is 0 Å². The normalized spacial score (nSPS) is 12.7. The van der Waals surface area contributed by atoms with E-state index in [1.165, 1.54) is 49.9 Å². The molecule has 1 aliphatic carbocycles. The Kier molecular flexibility index (Phi) is 7.85. The predicted octanol–water partition coefficient (Wildman–Crippen LogP) is 13.9. The second-order valence-electron chi connectivity index (χ2n) is 15.0. The highest BCUT2D eigenvalue weighted by Crippen LogP contribution is 2.49. The molecule has 55 heavy (non-hydrogen) atoms. The third kappa shape index (κ3) is 5.66. The molecular formula is C53H38N2. The number of nitrogens with zero attached hydrogens (tertiary/aromatic N) is 2. The van der Waals surface area contributed by atoms with Gasteiger partial charge < -0.3 is 0 Å². The van der Waals surface area contributed by atoms with Gasteiger partial charge in [-0.25, -0.2) is 9.97 Å². The molecule has 10 rings (SSSR count). The molecule has 0 amide bonds. The maximum Gasteiger partial charge on any atom is 0.160 e.